The van der Waals surface area contributed by atoms with Crippen molar-refractivity contribution in [2.24, 2.45) is 4.99 Å². The minimum atomic E-state index is -0.503. The summed E-state index contributed by atoms with van der Waals surface area (Å²) in [5.74, 6) is 0.900. The average Bonchev–Trinajstić information content (AvgIpc) is 3.14. The van der Waals surface area contributed by atoms with E-state index in [4.69, 9.17) is 14.2 Å². The Kier molecular flexibility index (Phi) is 7.32. The van der Waals surface area contributed by atoms with E-state index in [-0.39, 0.29) is 11.6 Å². The predicted octanol–water partition coefficient (Wildman–Crippen LogP) is 6.75. The molecule has 32 heavy (non-hydrogen) atoms. The molecule has 1 aliphatic heterocycles. The Morgan fingerprint density at radius 1 is 1.09 bits per heavy atom. The van der Waals surface area contributed by atoms with Crippen molar-refractivity contribution in [3.8, 4) is 11.5 Å². The smallest absolute Gasteiger partial charge is 0.363 e. The molecule has 1 heterocycles. The molecule has 4 rings (SSSR count). The van der Waals surface area contributed by atoms with Gasteiger partial charge in [-0.2, -0.15) is 0 Å². The Balaban J connectivity index is 1.59. The quantitative estimate of drug-likeness (QED) is 0.166. The maximum absolute atomic E-state index is 12.3. The summed E-state index contributed by atoms with van der Waals surface area (Å²) in [4.78, 5) is 16.7. The lowest BCUT2D eigenvalue weighted by molar-refractivity contribution is -0.129. The third kappa shape index (κ3) is 5.24. The molecule has 0 N–H and O–H groups in total. The minimum Gasteiger partial charge on any atom is -0.493 e. The average molecular weight is 669 g/mol. The molecule has 0 saturated heterocycles. The SMILES string of the molecule is COc1cc(/C=C2\N=C(c3ccc(Br)cc3)OC2=O)cc(Br)c1OCc1ccccc1I. The molecule has 0 amide bonds. The first-order valence-electron chi connectivity index (χ1n) is 9.47. The number of cyclic esters (lactones) is 1. The highest BCUT2D eigenvalue weighted by atomic mass is 127. The van der Waals surface area contributed by atoms with Crippen molar-refractivity contribution >= 4 is 72.4 Å². The van der Waals surface area contributed by atoms with Gasteiger partial charge in [0.1, 0.15) is 6.61 Å². The van der Waals surface area contributed by atoms with Crippen molar-refractivity contribution in [2.45, 2.75) is 6.61 Å². The van der Waals surface area contributed by atoms with E-state index in [1.807, 2.05) is 54.6 Å². The number of ether oxygens (including phenoxy) is 3. The summed E-state index contributed by atoms with van der Waals surface area (Å²) in [6.07, 6.45) is 1.66. The van der Waals surface area contributed by atoms with E-state index in [1.54, 1.807) is 19.3 Å². The molecule has 0 unspecified atom stereocenters. The van der Waals surface area contributed by atoms with Gasteiger partial charge in [-0.15, -0.1) is 0 Å². The molecule has 8 heteroatoms. The molecule has 1 aliphatic rings. The van der Waals surface area contributed by atoms with Crippen LogP contribution in [-0.4, -0.2) is 19.0 Å². The van der Waals surface area contributed by atoms with Crippen LogP contribution in [0.15, 0.2) is 80.3 Å². The Hall–Kier alpha value is -2.17. The highest BCUT2D eigenvalue weighted by molar-refractivity contribution is 14.1. The molecular formula is C24H16Br2INO4. The lowest BCUT2D eigenvalue weighted by atomic mass is 10.1. The first-order valence-corrected chi connectivity index (χ1v) is 12.1. The standard InChI is InChI=1S/C24H16Br2INO4/c1-30-21-12-14(10-18(26)22(21)31-13-16-4-2-3-5-19(16)27)11-20-24(29)32-23(28-20)15-6-8-17(25)9-7-15/h2-12H,13H2,1H3/b20-11-. The number of nitrogens with zero attached hydrogens (tertiary/aromatic N) is 1. The molecule has 0 radical (unpaired) electrons. The Bertz CT molecular complexity index is 1240. The molecule has 0 bridgehead atoms. The maximum Gasteiger partial charge on any atom is 0.363 e. The zero-order valence-electron chi connectivity index (χ0n) is 16.8. The molecule has 0 fully saturated rings. The first kappa shape index (κ1) is 23.0. The molecule has 0 aliphatic carbocycles. The maximum atomic E-state index is 12.3. The van der Waals surface area contributed by atoms with Crippen LogP contribution in [-0.2, 0) is 16.1 Å². The highest BCUT2D eigenvalue weighted by Gasteiger charge is 2.24. The van der Waals surface area contributed by atoms with Gasteiger partial charge >= 0.3 is 5.97 Å². The van der Waals surface area contributed by atoms with Crippen LogP contribution >= 0.6 is 54.5 Å². The summed E-state index contributed by atoms with van der Waals surface area (Å²) in [6, 6.07) is 19.1. The van der Waals surface area contributed by atoms with Crippen LogP contribution in [0.1, 0.15) is 16.7 Å². The molecular weight excluding hydrogens is 653 g/mol. The second kappa shape index (κ2) is 10.2. The lowest BCUT2D eigenvalue weighted by Crippen LogP contribution is -2.05. The normalized spacial score (nSPS) is 14.3. The van der Waals surface area contributed by atoms with Crippen molar-refractivity contribution in [2.75, 3.05) is 7.11 Å². The summed E-state index contributed by atoms with van der Waals surface area (Å²) in [6.45, 7) is 0.404. The van der Waals surface area contributed by atoms with Crippen LogP contribution in [0.5, 0.6) is 11.5 Å². The zero-order valence-corrected chi connectivity index (χ0v) is 22.1. The fourth-order valence-electron chi connectivity index (χ4n) is 3.01. The van der Waals surface area contributed by atoms with Gasteiger partial charge < -0.3 is 14.2 Å². The minimum absolute atomic E-state index is 0.212. The van der Waals surface area contributed by atoms with Crippen LogP contribution < -0.4 is 9.47 Å². The molecule has 162 valence electrons. The third-order valence-corrected chi connectivity index (χ3v) is 6.77. The summed E-state index contributed by atoms with van der Waals surface area (Å²) in [5.41, 5.74) is 2.74. The van der Waals surface area contributed by atoms with E-state index < -0.39 is 5.97 Å². The molecule has 0 aromatic heterocycles. The molecule has 0 atom stereocenters. The Labute approximate surface area is 215 Å². The van der Waals surface area contributed by atoms with Crippen molar-refractivity contribution in [1.29, 1.82) is 0 Å². The van der Waals surface area contributed by atoms with Gasteiger partial charge in [-0.3, -0.25) is 0 Å². The lowest BCUT2D eigenvalue weighted by Gasteiger charge is -2.14. The summed E-state index contributed by atoms with van der Waals surface area (Å²) < 4.78 is 19.7. The second-order valence-electron chi connectivity index (χ2n) is 6.76. The summed E-state index contributed by atoms with van der Waals surface area (Å²) in [7, 11) is 1.57. The number of esters is 1. The van der Waals surface area contributed by atoms with Gasteiger partial charge in [-0.05, 0) is 92.6 Å². The molecule has 3 aromatic rings. The summed E-state index contributed by atoms with van der Waals surface area (Å²) >= 11 is 9.23. The topological polar surface area (TPSA) is 57.1 Å². The van der Waals surface area contributed by atoms with Gasteiger partial charge in [0.05, 0.1) is 11.6 Å². The number of aliphatic imine (C=N–C) groups is 1. The fourth-order valence-corrected chi connectivity index (χ4v) is 4.39. The number of carbonyl (C=O) groups is 1. The van der Waals surface area contributed by atoms with Crippen molar-refractivity contribution in [3.63, 3.8) is 0 Å². The van der Waals surface area contributed by atoms with E-state index >= 15 is 0 Å². The van der Waals surface area contributed by atoms with Crippen molar-refractivity contribution in [1.82, 2.24) is 0 Å². The van der Waals surface area contributed by atoms with Gasteiger partial charge in [-0.25, -0.2) is 9.79 Å². The van der Waals surface area contributed by atoms with Crippen molar-refractivity contribution < 1.29 is 19.0 Å². The van der Waals surface area contributed by atoms with Crippen LogP contribution in [0.2, 0.25) is 0 Å². The Morgan fingerprint density at radius 3 is 2.56 bits per heavy atom. The zero-order chi connectivity index (χ0) is 22.7. The van der Waals surface area contributed by atoms with Crippen LogP contribution in [0.3, 0.4) is 0 Å². The van der Waals surface area contributed by atoms with Crippen LogP contribution in [0.4, 0.5) is 0 Å². The Morgan fingerprint density at radius 2 is 1.84 bits per heavy atom. The van der Waals surface area contributed by atoms with Crippen LogP contribution in [0, 0.1) is 3.57 Å². The monoisotopic (exact) mass is 667 g/mol. The van der Waals surface area contributed by atoms with Crippen LogP contribution in [0.25, 0.3) is 6.08 Å². The highest BCUT2D eigenvalue weighted by Crippen LogP contribution is 2.38. The van der Waals surface area contributed by atoms with Gasteiger partial charge in [0.25, 0.3) is 0 Å². The number of halogens is 3. The number of hydrogen-bond donors (Lipinski definition) is 0. The largest absolute Gasteiger partial charge is 0.493 e. The number of carbonyl (C=O) groups excluding carboxylic acids is 1. The fraction of sp³-hybridized carbons (Fsp3) is 0.0833. The van der Waals surface area contributed by atoms with E-state index in [2.05, 4.69) is 59.4 Å². The van der Waals surface area contributed by atoms with Gasteiger partial charge in [0, 0.05) is 19.2 Å². The van der Waals surface area contributed by atoms with E-state index in [0.29, 0.717) is 22.6 Å². The molecule has 0 saturated carbocycles. The molecule has 5 nitrogen and oxygen atoms in total. The summed E-state index contributed by atoms with van der Waals surface area (Å²) in [5, 5.41) is 0. The predicted molar refractivity (Wildman–Crippen MR) is 139 cm³/mol. The van der Waals surface area contributed by atoms with E-state index in [1.165, 1.54) is 0 Å². The van der Waals surface area contributed by atoms with Gasteiger partial charge in [0.15, 0.2) is 17.2 Å². The molecule has 0 spiro atoms. The third-order valence-electron chi connectivity index (χ3n) is 4.60. The van der Waals surface area contributed by atoms with E-state index in [0.717, 1.165) is 24.7 Å². The number of rotatable bonds is 6. The van der Waals surface area contributed by atoms with Gasteiger partial charge in [-0.1, -0.05) is 34.1 Å². The molecule has 3 aromatic carbocycles. The number of methoxy groups -OCH3 is 1. The van der Waals surface area contributed by atoms with E-state index in [9.17, 15) is 4.79 Å². The van der Waals surface area contributed by atoms with Crippen molar-refractivity contribution in [3.05, 3.63) is 95.6 Å². The van der Waals surface area contributed by atoms with Gasteiger partial charge in [0.2, 0.25) is 5.90 Å². The number of hydrogen-bond acceptors (Lipinski definition) is 5. The second-order valence-corrected chi connectivity index (χ2v) is 9.69. The number of benzene rings is 3. The first-order chi connectivity index (χ1) is 15.4.